The van der Waals surface area contributed by atoms with Crippen molar-refractivity contribution in [2.45, 2.75) is 46.2 Å². The highest BCUT2D eigenvalue weighted by Crippen LogP contribution is 2.30. The number of rotatable bonds is 5. The van der Waals surface area contributed by atoms with Crippen LogP contribution in [0.5, 0.6) is 0 Å². The number of halogens is 2. The molecule has 5 heterocycles. The average molecular weight is 484 g/mol. The molecule has 2 atom stereocenters. The highest BCUT2D eigenvalue weighted by molar-refractivity contribution is 5.88. The number of piperidine rings is 1. The molecule has 1 amide bonds. The summed E-state index contributed by atoms with van der Waals surface area (Å²) in [7, 11) is 0. The van der Waals surface area contributed by atoms with Crippen LogP contribution in [0.4, 0.5) is 20.5 Å². The van der Waals surface area contributed by atoms with Crippen molar-refractivity contribution >= 4 is 34.4 Å². The van der Waals surface area contributed by atoms with Crippen LogP contribution in [0.25, 0.3) is 27.9 Å². The normalized spacial score (nSPS) is 18.6. The standard InChI is InChI=1S/C23H27F2N9O/c1-12-10-32(14(3)35)8-7-16(12)29-23-30-21(26)20-15(6-9-34(20)31-23)17-4-5-18-22(28-17)33(11-19(24)25)13(2)27-18/h4-6,9,12,16,19H,7-8,10-11H2,1-3H3,(H3,26,29,30,31). The van der Waals surface area contributed by atoms with Gasteiger partial charge in [0, 0.05) is 37.8 Å². The number of fused-ring (bicyclic) bond motifs is 2. The number of hydrogen-bond donors (Lipinski definition) is 2. The Morgan fingerprint density at radius 2 is 2.06 bits per heavy atom. The van der Waals surface area contributed by atoms with Gasteiger partial charge in [-0.05, 0) is 37.5 Å². The minimum Gasteiger partial charge on any atom is -0.382 e. The number of alkyl halides is 2. The molecule has 10 nitrogen and oxygen atoms in total. The number of carbonyl (C=O) groups excluding carboxylic acids is 1. The number of amides is 1. The molecule has 2 unspecified atom stereocenters. The van der Waals surface area contributed by atoms with Crippen LogP contribution in [0.15, 0.2) is 24.4 Å². The second kappa shape index (κ2) is 8.75. The van der Waals surface area contributed by atoms with Gasteiger partial charge in [0.2, 0.25) is 11.9 Å². The van der Waals surface area contributed by atoms with Gasteiger partial charge in [0.05, 0.1) is 12.2 Å². The molecule has 4 aromatic heterocycles. The molecule has 5 rings (SSSR count). The molecular weight excluding hydrogens is 456 g/mol. The summed E-state index contributed by atoms with van der Waals surface area (Å²) in [6.45, 7) is 6.24. The predicted molar refractivity (Wildman–Crippen MR) is 128 cm³/mol. The van der Waals surface area contributed by atoms with Crippen LogP contribution < -0.4 is 11.1 Å². The van der Waals surface area contributed by atoms with Gasteiger partial charge in [0.25, 0.3) is 6.43 Å². The number of nitrogens with one attached hydrogen (secondary N) is 1. The summed E-state index contributed by atoms with van der Waals surface area (Å²) < 4.78 is 29.2. The third-order valence-corrected chi connectivity index (χ3v) is 6.58. The van der Waals surface area contributed by atoms with Gasteiger partial charge in [-0.25, -0.2) is 23.3 Å². The molecule has 4 aromatic rings. The highest BCUT2D eigenvalue weighted by Gasteiger charge is 2.28. The molecule has 3 N–H and O–H groups in total. The Hall–Kier alpha value is -3.83. The van der Waals surface area contributed by atoms with Crippen LogP contribution in [-0.2, 0) is 11.3 Å². The number of aryl methyl sites for hydroxylation is 1. The summed E-state index contributed by atoms with van der Waals surface area (Å²) in [4.78, 5) is 27.0. The first-order chi connectivity index (χ1) is 16.7. The van der Waals surface area contributed by atoms with E-state index in [0.717, 1.165) is 6.42 Å². The van der Waals surface area contributed by atoms with E-state index < -0.39 is 13.0 Å². The zero-order valence-corrected chi connectivity index (χ0v) is 19.7. The molecule has 0 aromatic carbocycles. The summed E-state index contributed by atoms with van der Waals surface area (Å²) in [5.41, 5.74) is 9.13. The number of pyridine rings is 1. The van der Waals surface area contributed by atoms with E-state index in [-0.39, 0.29) is 23.7 Å². The third-order valence-electron chi connectivity index (χ3n) is 6.58. The van der Waals surface area contributed by atoms with E-state index in [2.05, 4.69) is 32.3 Å². The molecule has 1 fully saturated rings. The minimum atomic E-state index is -2.51. The number of hydrogen-bond acceptors (Lipinski definition) is 7. The number of nitrogens with two attached hydrogens (primary N) is 1. The van der Waals surface area contributed by atoms with E-state index in [1.165, 1.54) is 4.57 Å². The maximum Gasteiger partial charge on any atom is 0.256 e. The lowest BCUT2D eigenvalue weighted by atomic mass is 9.94. The maximum absolute atomic E-state index is 13.1. The van der Waals surface area contributed by atoms with E-state index in [4.69, 9.17) is 5.73 Å². The van der Waals surface area contributed by atoms with E-state index in [0.29, 0.717) is 52.8 Å². The quantitative estimate of drug-likeness (QED) is 0.448. The van der Waals surface area contributed by atoms with Crippen LogP contribution >= 0.6 is 0 Å². The lowest BCUT2D eigenvalue weighted by Gasteiger charge is -2.36. The van der Waals surface area contributed by atoms with Crippen LogP contribution in [0, 0.1) is 12.8 Å². The topological polar surface area (TPSA) is 119 Å². The molecule has 0 saturated carbocycles. The number of aromatic nitrogens is 6. The zero-order chi connectivity index (χ0) is 24.9. The van der Waals surface area contributed by atoms with Crippen LogP contribution in [0.3, 0.4) is 0 Å². The number of imidazole rings is 1. The zero-order valence-electron chi connectivity index (χ0n) is 19.7. The van der Waals surface area contributed by atoms with Gasteiger partial charge in [-0.2, -0.15) is 4.98 Å². The summed E-state index contributed by atoms with van der Waals surface area (Å²) in [6.07, 6.45) is 0.0389. The smallest absolute Gasteiger partial charge is 0.256 e. The van der Waals surface area contributed by atoms with E-state index in [9.17, 15) is 13.6 Å². The molecule has 0 spiro atoms. The van der Waals surface area contributed by atoms with E-state index >= 15 is 0 Å². The van der Waals surface area contributed by atoms with Gasteiger partial charge < -0.3 is 20.5 Å². The largest absolute Gasteiger partial charge is 0.382 e. The number of likely N-dealkylation sites (tertiary alicyclic amines) is 1. The van der Waals surface area contributed by atoms with Gasteiger partial charge in [-0.1, -0.05) is 6.92 Å². The van der Waals surface area contributed by atoms with E-state index in [1.807, 2.05) is 11.0 Å². The SMILES string of the molecule is CC(=O)N1CCC(Nc2nc(N)c3c(-c4ccc5nc(C)n(CC(F)F)c5n4)ccn3n2)C(C)C1. The summed E-state index contributed by atoms with van der Waals surface area (Å²) in [6, 6.07) is 5.48. The van der Waals surface area contributed by atoms with Gasteiger partial charge in [0.1, 0.15) is 16.9 Å². The van der Waals surface area contributed by atoms with Crippen molar-refractivity contribution in [1.29, 1.82) is 0 Å². The van der Waals surface area contributed by atoms with Gasteiger partial charge in [-0.3, -0.25) is 4.79 Å². The lowest BCUT2D eigenvalue weighted by molar-refractivity contribution is -0.130. The fourth-order valence-electron chi connectivity index (χ4n) is 4.75. The summed E-state index contributed by atoms with van der Waals surface area (Å²) in [5, 5.41) is 7.94. The van der Waals surface area contributed by atoms with Crippen molar-refractivity contribution in [3.63, 3.8) is 0 Å². The van der Waals surface area contributed by atoms with Crippen molar-refractivity contribution in [2.24, 2.45) is 5.92 Å². The van der Waals surface area contributed by atoms with Crippen molar-refractivity contribution in [2.75, 3.05) is 24.1 Å². The van der Waals surface area contributed by atoms with Crippen molar-refractivity contribution in [1.82, 2.24) is 34.0 Å². The van der Waals surface area contributed by atoms with E-state index in [1.54, 1.807) is 36.7 Å². The predicted octanol–water partition coefficient (Wildman–Crippen LogP) is 2.97. The second-order valence-corrected chi connectivity index (χ2v) is 9.02. The second-order valence-electron chi connectivity index (χ2n) is 9.02. The molecule has 184 valence electrons. The molecule has 1 aliphatic heterocycles. The third kappa shape index (κ3) is 4.24. The van der Waals surface area contributed by atoms with Gasteiger partial charge >= 0.3 is 0 Å². The molecule has 35 heavy (non-hydrogen) atoms. The van der Waals surface area contributed by atoms with Crippen LogP contribution in [-0.4, -0.2) is 65.5 Å². The Morgan fingerprint density at radius 3 is 2.77 bits per heavy atom. The molecule has 0 aliphatic carbocycles. The number of anilines is 2. The Morgan fingerprint density at radius 1 is 1.26 bits per heavy atom. The number of nitrogen functional groups attached to an aromatic ring is 1. The monoisotopic (exact) mass is 483 g/mol. The first kappa shape index (κ1) is 22.9. The molecule has 12 heteroatoms. The van der Waals surface area contributed by atoms with Crippen molar-refractivity contribution in [3.8, 4) is 11.3 Å². The average Bonchev–Trinajstić information content (AvgIpc) is 3.36. The highest BCUT2D eigenvalue weighted by atomic mass is 19.3. The fraction of sp³-hybridized carbons (Fsp3) is 0.435. The maximum atomic E-state index is 13.1. The number of carbonyl (C=O) groups is 1. The molecule has 0 radical (unpaired) electrons. The number of nitrogens with zero attached hydrogens (tertiary/aromatic N) is 7. The Balaban J connectivity index is 1.45. The van der Waals surface area contributed by atoms with Crippen LogP contribution in [0.1, 0.15) is 26.1 Å². The van der Waals surface area contributed by atoms with Gasteiger partial charge in [0.15, 0.2) is 11.5 Å². The molecular formula is C23H27F2N9O. The molecule has 0 bridgehead atoms. The fourth-order valence-corrected chi connectivity index (χ4v) is 4.75. The Labute approximate surface area is 200 Å². The van der Waals surface area contributed by atoms with Crippen LogP contribution in [0.2, 0.25) is 0 Å². The Kier molecular flexibility index (Phi) is 5.73. The van der Waals surface area contributed by atoms with Gasteiger partial charge in [-0.15, -0.1) is 5.10 Å². The minimum absolute atomic E-state index is 0.0799. The lowest BCUT2D eigenvalue weighted by Crippen LogP contribution is -2.47. The summed E-state index contributed by atoms with van der Waals surface area (Å²) in [5.74, 6) is 1.46. The molecule has 1 aliphatic rings. The summed E-state index contributed by atoms with van der Waals surface area (Å²) >= 11 is 0. The van der Waals surface area contributed by atoms with Crippen molar-refractivity contribution in [3.05, 3.63) is 30.2 Å². The first-order valence-electron chi connectivity index (χ1n) is 11.5. The molecule has 1 saturated heterocycles. The first-order valence-corrected chi connectivity index (χ1v) is 11.5. The Bertz CT molecular complexity index is 1410. The van der Waals surface area contributed by atoms with Crippen molar-refractivity contribution < 1.29 is 13.6 Å².